The summed E-state index contributed by atoms with van der Waals surface area (Å²) in [6, 6.07) is 3.13. The van der Waals surface area contributed by atoms with Crippen LogP contribution < -0.4 is 0 Å². The van der Waals surface area contributed by atoms with Gasteiger partial charge in [0.15, 0.2) is 5.82 Å². The van der Waals surface area contributed by atoms with Crippen molar-refractivity contribution in [3.05, 3.63) is 37.1 Å². The number of aromatic nitrogens is 7. The fraction of sp³-hybridized carbons (Fsp3) is 0.618. The molecule has 246 valence electrons. The van der Waals surface area contributed by atoms with E-state index in [1.165, 1.54) is 89.9 Å². The van der Waals surface area contributed by atoms with Crippen LogP contribution in [0.1, 0.15) is 102 Å². The Morgan fingerprint density at radius 2 is 1.33 bits per heavy atom. The van der Waals surface area contributed by atoms with Crippen molar-refractivity contribution in [1.29, 1.82) is 0 Å². The Hall–Kier alpha value is -3.70. The van der Waals surface area contributed by atoms with E-state index in [9.17, 15) is 13.2 Å². The molecule has 12 heteroatoms. The van der Waals surface area contributed by atoms with Crippen molar-refractivity contribution >= 4 is 17.0 Å². The lowest BCUT2D eigenvalue weighted by Gasteiger charge is -2.24. The number of hydrogen-bond acceptors (Lipinski definition) is 5. The van der Waals surface area contributed by atoms with Gasteiger partial charge < -0.3 is 10.1 Å². The van der Waals surface area contributed by atoms with Gasteiger partial charge in [-0.05, 0) is 68.3 Å². The lowest BCUT2D eigenvalue weighted by atomic mass is 9.93. The molecule has 0 aliphatic heterocycles. The number of carboxylic acids is 1. The molecule has 46 heavy (non-hydrogen) atoms. The van der Waals surface area contributed by atoms with Crippen LogP contribution in [0.3, 0.4) is 0 Å². The van der Waals surface area contributed by atoms with E-state index in [4.69, 9.17) is 30.1 Å². The monoisotopic (exact) mass is 637 g/mol. The van der Waals surface area contributed by atoms with Crippen LogP contribution in [0.2, 0.25) is 0 Å². The quantitative estimate of drug-likeness (QED) is 0.181. The summed E-state index contributed by atoms with van der Waals surface area (Å²) in [4.78, 5) is 22.4. The molecule has 0 amide bonds. The molecular weight excluding hydrogens is 595 g/mol. The highest BCUT2D eigenvalue weighted by Crippen LogP contribution is 2.45. The number of hydrogen-bond donors (Lipinski definition) is 2. The minimum absolute atomic E-state index is 0.514. The van der Waals surface area contributed by atoms with Gasteiger partial charge in [0.1, 0.15) is 5.65 Å². The summed E-state index contributed by atoms with van der Waals surface area (Å²) in [5.74, 6) is 1.31. The molecule has 0 bridgehead atoms. The number of H-pyrrole nitrogens is 1. The molecule has 2 unspecified atom stereocenters. The number of aromatic amines is 1. The Bertz CT molecular complexity index is 1640. The van der Waals surface area contributed by atoms with E-state index in [-0.39, 0.29) is 0 Å². The molecule has 4 aromatic heterocycles. The second-order valence-corrected chi connectivity index (χ2v) is 13.9. The van der Waals surface area contributed by atoms with Gasteiger partial charge in [-0.1, -0.05) is 51.4 Å². The van der Waals surface area contributed by atoms with Gasteiger partial charge >= 0.3 is 12.1 Å². The summed E-state index contributed by atoms with van der Waals surface area (Å²) in [6.07, 6.45) is 24.4. The number of halogens is 3. The highest BCUT2D eigenvalue weighted by atomic mass is 19.4. The maximum atomic E-state index is 10.6. The van der Waals surface area contributed by atoms with Gasteiger partial charge in [-0.2, -0.15) is 23.4 Å². The smallest absolute Gasteiger partial charge is 0.475 e. The van der Waals surface area contributed by atoms with Crippen LogP contribution in [-0.2, 0) is 4.79 Å². The first-order valence-corrected chi connectivity index (χ1v) is 17.0. The van der Waals surface area contributed by atoms with E-state index < -0.39 is 12.1 Å². The number of alkyl halides is 3. The molecule has 9 nitrogen and oxygen atoms in total. The minimum Gasteiger partial charge on any atom is -0.475 e. The van der Waals surface area contributed by atoms with Crippen LogP contribution in [0, 0.1) is 23.7 Å². The molecule has 4 saturated carbocycles. The number of nitrogens with zero attached hydrogens (tertiary/aromatic N) is 6. The molecule has 0 saturated heterocycles. The fourth-order valence-electron chi connectivity index (χ4n) is 7.67. The number of aliphatic carboxylic acids is 1. The molecule has 0 radical (unpaired) electrons. The first kappa shape index (κ1) is 30.9. The average Bonchev–Trinajstić information content (AvgIpc) is 3.61. The third-order valence-electron chi connectivity index (χ3n) is 10.5. The Labute approximate surface area is 266 Å². The maximum absolute atomic E-state index is 10.6. The topological polar surface area (TPSA) is 115 Å². The maximum Gasteiger partial charge on any atom is 0.490 e. The highest BCUT2D eigenvalue weighted by molar-refractivity contribution is 5.91. The number of carboxylic acid groups (broad SMARTS) is 1. The Morgan fingerprint density at radius 3 is 1.83 bits per heavy atom. The Balaban J connectivity index is 0.000000437. The number of fused-ring (bicyclic) bond motifs is 1. The Kier molecular flexibility index (Phi) is 8.63. The van der Waals surface area contributed by atoms with Crippen molar-refractivity contribution in [2.75, 3.05) is 0 Å². The van der Waals surface area contributed by atoms with Crippen molar-refractivity contribution < 1.29 is 23.1 Å². The summed E-state index contributed by atoms with van der Waals surface area (Å²) >= 11 is 0. The first-order valence-electron chi connectivity index (χ1n) is 17.0. The van der Waals surface area contributed by atoms with Crippen molar-refractivity contribution in [3.63, 3.8) is 0 Å². The van der Waals surface area contributed by atoms with Gasteiger partial charge in [0.05, 0.1) is 35.7 Å². The zero-order chi connectivity index (χ0) is 31.8. The van der Waals surface area contributed by atoms with E-state index in [0.717, 1.165) is 57.4 Å². The number of rotatable bonds is 10. The summed E-state index contributed by atoms with van der Waals surface area (Å²) in [5, 5.41) is 18.0. The van der Waals surface area contributed by atoms with Gasteiger partial charge in [0, 0.05) is 29.5 Å². The summed E-state index contributed by atoms with van der Waals surface area (Å²) < 4.78 is 36.3. The van der Waals surface area contributed by atoms with Crippen LogP contribution in [0.4, 0.5) is 13.2 Å². The molecule has 4 aromatic rings. The fourth-order valence-corrected chi connectivity index (χ4v) is 7.67. The van der Waals surface area contributed by atoms with Crippen LogP contribution in [-0.4, -0.2) is 51.8 Å². The molecule has 4 fully saturated rings. The standard InChI is InChI=1S/C32H41N7.C2HF3O2/c1-2-6-23(5-1)28(15-21-9-10-21)38-19-25(17-34-38)30-27-13-14-33-32(27)37-31(36-30)26-18-35-39(20-26)29(16-22-11-12-22)24-7-3-4-8-24;3-2(4,5)1(6)7/h13-14,17-24,28-29H,1-12,15-16H2,(H,33,36,37);(H,6,7). The van der Waals surface area contributed by atoms with Crippen LogP contribution in [0.25, 0.3) is 33.7 Å². The summed E-state index contributed by atoms with van der Waals surface area (Å²) in [5.41, 5.74) is 3.95. The Morgan fingerprint density at radius 1 is 0.826 bits per heavy atom. The van der Waals surface area contributed by atoms with E-state index in [0.29, 0.717) is 12.1 Å². The van der Waals surface area contributed by atoms with Crippen molar-refractivity contribution in [2.24, 2.45) is 23.7 Å². The highest BCUT2D eigenvalue weighted by Gasteiger charge is 2.38. The van der Waals surface area contributed by atoms with E-state index in [1.807, 2.05) is 18.6 Å². The normalized spacial score (nSPS) is 20.6. The molecule has 4 aliphatic rings. The molecule has 4 heterocycles. The largest absolute Gasteiger partial charge is 0.490 e. The third kappa shape index (κ3) is 7.00. The van der Waals surface area contributed by atoms with E-state index >= 15 is 0 Å². The van der Waals surface area contributed by atoms with Crippen molar-refractivity contribution in [1.82, 2.24) is 34.5 Å². The van der Waals surface area contributed by atoms with Gasteiger partial charge in [0.2, 0.25) is 0 Å². The van der Waals surface area contributed by atoms with E-state index in [1.54, 1.807) is 0 Å². The number of carbonyl (C=O) groups is 1. The van der Waals surface area contributed by atoms with Crippen LogP contribution >= 0.6 is 0 Å². The zero-order valence-corrected chi connectivity index (χ0v) is 26.0. The van der Waals surface area contributed by atoms with Gasteiger partial charge in [-0.25, -0.2) is 14.8 Å². The SMILES string of the molecule is O=C(O)C(F)(F)F.c1cc2c(-c3cnn(C(CC4CC4)C4CCCC4)c3)nc(-c3cnn(C(CC4CC4)C4CCCC4)c3)nc2[nH]1. The first-order chi connectivity index (χ1) is 22.2. The molecule has 8 rings (SSSR count). The average molecular weight is 638 g/mol. The van der Waals surface area contributed by atoms with Crippen LogP contribution in [0.5, 0.6) is 0 Å². The van der Waals surface area contributed by atoms with Gasteiger partial charge in [-0.15, -0.1) is 0 Å². The minimum atomic E-state index is -5.08. The predicted molar refractivity (Wildman–Crippen MR) is 167 cm³/mol. The molecule has 2 N–H and O–H groups in total. The lowest BCUT2D eigenvalue weighted by Crippen LogP contribution is -2.21. The zero-order valence-electron chi connectivity index (χ0n) is 26.0. The molecule has 4 aliphatic carbocycles. The van der Waals surface area contributed by atoms with Gasteiger partial charge in [0.25, 0.3) is 0 Å². The molecular formula is C34H42F3N7O2. The summed E-state index contributed by atoms with van der Waals surface area (Å²) in [6.45, 7) is 0. The summed E-state index contributed by atoms with van der Waals surface area (Å²) in [7, 11) is 0. The van der Waals surface area contributed by atoms with Gasteiger partial charge in [-0.3, -0.25) is 9.36 Å². The van der Waals surface area contributed by atoms with Crippen molar-refractivity contribution in [3.8, 4) is 22.6 Å². The second-order valence-electron chi connectivity index (χ2n) is 13.9. The molecule has 0 spiro atoms. The van der Waals surface area contributed by atoms with Crippen LogP contribution in [0.15, 0.2) is 37.1 Å². The van der Waals surface area contributed by atoms with E-state index in [2.05, 4.69) is 32.8 Å². The third-order valence-corrected chi connectivity index (χ3v) is 10.5. The number of nitrogens with one attached hydrogen (secondary N) is 1. The lowest BCUT2D eigenvalue weighted by molar-refractivity contribution is -0.192. The molecule has 2 atom stereocenters. The molecule has 0 aromatic carbocycles. The predicted octanol–water partition coefficient (Wildman–Crippen LogP) is 8.38. The second kappa shape index (κ2) is 12.8. The van der Waals surface area contributed by atoms with Crippen molar-refractivity contribution in [2.45, 2.75) is 108 Å².